The van der Waals surface area contributed by atoms with Gasteiger partial charge in [-0.15, -0.1) is 0 Å². The van der Waals surface area contributed by atoms with E-state index in [1.165, 1.54) is 0 Å². The number of hydrazine groups is 1. The van der Waals surface area contributed by atoms with Crippen molar-refractivity contribution in [3.63, 3.8) is 0 Å². The molecule has 1 heterocycles. The van der Waals surface area contributed by atoms with E-state index in [0.29, 0.717) is 19.6 Å². The number of hydrogen-bond donors (Lipinski definition) is 2. The van der Waals surface area contributed by atoms with Gasteiger partial charge in [0.25, 0.3) is 0 Å². The molecule has 2 rings (SSSR count). The van der Waals surface area contributed by atoms with Crippen LogP contribution in [0.3, 0.4) is 0 Å². The molecule has 3 N–H and O–H groups in total. The maximum Gasteiger partial charge on any atom is 0.161 e. The third kappa shape index (κ3) is 4.00. The monoisotopic (exact) mass is 290 g/mol. The summed E-state index contributed by atoms with van der Waals surface area (Å²) in [6, 6.07) is 9.61. The van der Waals surface area contributed by atoms with Crippen LogP contribution in [-0.4, -0.2) is 13.2 Å². The van der Waals surface area contributed by atoms with Crippen LogP contribution in [0.15, 0.2) is 41.0 Å². The lowest BCUT2D eigenvalue weighted by molar-refractivity contribution is 0.287. The van der Waals surface area contributed by atoms with E-state index >= 15 is 0 Å². The van der Waals surface area contributed by atoms with E-state index in [2.05, 4.69) is 5.43 Å². The highest BCUT2D eigenvalue weighted by Crippen LogP contribution is 2.31. The van der Waals surface area contributed by atoms with Crippen LogP contribution in [0.4, 0.5) is 0 Å². The van der Waals surface area contributed by atoms with E-state index < -0.39 is 0 Å². The van der Waals surface area contributed by atoms with Gasteiger partial charge in [0.2, 0.25) is 0 Å². The van der Waals surface area contributed by atoms with E-state index in [-0.39, 0.29) is 6.04 Å². The lowest BCUT2D eigenvalue weighted by atomic mass is 10.0. The zero-order valence-electron chi connectivity index (χ0n) is 12.5. The van der Waals surface area contributed by atoms with Crippen LogP contribution in [0, 0.1) is 0 Å². The Kier molecular flexibility index (Phi) is 5.66. The molecule has 0 fully saturated rings. The molecule has 0 amide bonds. The summed E-state index contributed by atoms with van der Waals surface area (Å²) in [5.41, 5.74) is 3.85. The first kappa shape index (κ1) is 15.4. The van der Waals surface area contributed by atoms with Gasteiger partial charge in [-0.25, -0.2) is 0 Å². The highest BCUT2D eigenvalue weighted by Gasteiger charge is 2.15. The summed E-state index contributed by atoms with van der Waals surface area (Å²) < 4.78 is 16.6. The zero-order chi connectivity index (χ0) is 15.1. The standard InChI is InChI=1S/C16H22N2O3/c1-3-19-15-8-7-12(10-16(15)20-4-2)14(18-17)11-13-6-5-9-21-13/h5-10,14,18H,3-4,11,17H2,1-2H3. The fourth-order valence-electron chi connectivity index (χ4n) is 2.19. The molecule has 0 saturated heterocycles. The number of ether oxygens (including phenoxy) is 2. The molecule has 5 nitrogen and oxygen atoms in total. The van der Waals surface area contributed by atoms with Crippen molar-refractivity contribution in [1.29, 1.82) is 0 Å². The number of rotatable bonds is 8. The van der Waals surface area contributed by atoms with Crippen molar-refractivity contribution in [2.75, 3.05) is 13.2 Å². The van der Waals surface area contributed by atoms with Crippen LogP contribution in [0.1, 0.15) is 31.2 Å². The highest BCUT2D eigenvalue weighted by atomic mass is 16.5. The Hall–Kier alpha value is -1.98. The Morgan fingerprint density at radius 2 is 1.90 bits per heavy atom. The van der Waals surface area contributed by atoms with Crippen molar-refractivity contribution in [2.45, 2.75) is 26.3 Å². The fourth-order valence-corrected chi connectivity index (χ4v) is 2.19. The minimum absolute atomic E-state index is 0.0500. The third-order valence-corrected chi connectivity index (χ3v) is 3.16. The molecule has 21 heavy (non-hydrogen) atoms. The number of nitrogens with one attached hydrogen (secondary N) is 1. The average Bonchev–Trinajstić information content (AvgIpc) is 3.00. The average molecular weight is 290 g/mol. The van der Waals surface area contributed by atoms with Crippen molar-refractivity contribution in [3.8, 4) is 11.5 Å². The molecule has 1 aromatic heterocycles. The Bertz CT molecular complexity index is 540. The van der Waals surface area contributed by atoms with Crippen LogP contribution in [0.5, 0.6) is 11.5 Å². The molecule has 1 atom stereocenters. The van der Waals surface area contributed by atoms with Gasteiger partial charge in [-0.2, -0.15) is 0 Å². The first-order valence-corrected chi connectivity index (χ1v) is 7.16. The zero-order valence-corrected chi connectivity index (χ0v) is 12.5. The van der Waals surface area contributed by atoms with Gasteiger partial charge in [0, 0.05) is 6.42 Å². The summed E-state index contributed by atoms with van der Waals surface area (Å²) in [7, 11) is 0. The van der Waals surface area contributed by atoms with Crippen molar-refractivity contribution in [2.24, 2.45) is 5.84 Å². The van der Waals surface area contributed by atoms with Crippen LogP contribution < -0.4 is 20.7 Å². The van der Waals surface area contributed by atoms with Gasteiger partial charge in [-0.3, -0.25) is 11.3 Å². The third-order valence-electron chi connectivity index (χ3n) is 3.16. The number of benzene rings is 1. The molecule has 0 bridgehead atoms. The maximum atomic E-state index is 5.68. The van der Waals surface area contributed by atoms with Crippen LogP contribution in [0.2, 0.25) is 0 Å². The molecule has 1 aromatic carbocycles. The SMILES string of the molecule is CCOc1ccc(C(Cc2ccco2)NN)cc1OCC. The summed E-state index contributed by atoms with van der Waals surface area (Å²) >= 11 is 0. The summed E-state index contributed by atoms with van der Waals surface area (Å²) in [4.78, 5) is 0. The summed E-state index contributed by atoms with van der Waals surface area (Å²) in [6.07, 6.45) is 2.33. The minimum Gasteiger partial charge on any atom is -0.490 e. The molecule has 0 saturated carbocycles. The minimum atomic E-state index is -0.0500. The van der Waals surface area contributed by atoms with Crippen LogP contribution >= 0.6 is 0 Å². The molecule has 0 aliphatic carbocycles. The highest BCUT2D eigenvalue weighted by molar-refractivity contribution is 5.44. The van der Waals surface area contributed by atoms with Crippen LogP contribution in [-0.2, 0) is 6.42 Å². The molecule has 0 radical (unpaired) electrons. The summed E-state index contributed by atoms with van der Waals surface area (Å²) in [6.45, 7) is 5.08. The Morgan fingerprint density at radius 1 is 1.14 bits per heavy atom. The normalized spacial score (nSPS) is 12.1. The largest absolute Gasteiger partial charge is 0.490 e. The molecular formula is C16H22N2O3. The number of furan rings is 1. The van der Waals surface area contributed by atoms with Gasteiger partial charge in [-0.05, 0) is 43.7 Å². The smallest absolute Gasteiger partial charge is 0.161 e. The topological polar surface area (TPSA) is 69.7 Å². The van der Waals surface area contributed by atoms with Crippen molar-refractivity contribution >= 4 is 0 Å². The molecule has 5 heteroatoms. The molecule has 0 spiro atoms. The first-order valence-electron chi connectivity index (χ1n) is 7.16. The quantitative estimate of drug-likeness (QED) is 0.578. The van der Waals surface area contributed by atoms with Gasteiger partial charge in [-0.1, -0.05) is 6.07 Å². The predicted octanol–water partition coefficient (Wildman–Crippen LogP) is 2.82. The van der Waals surface area contributed by atoms with E-state index in [1.54, 1.807) is 6.26 Å². The summed E-state index contributed by atoms with van der Waals surface area (Å²) in [5.74, 6) is 8.04. The Morgan fingerprint density at radius 3 is 2.52 bits per heavy atom. The molecule has 114 valence electrons. The van der Waals surface area contributed by atoms with Crippen molar-refractivity contribution in [1.82, 2.24) is 5.43 Å². The second-order valence-electron chi connectivity index (χ2n) is 4.57. The van der Waals surface area contributed by atoms with E-state index in [4.69, 9.17) is 19.7 Å². The van der Waals surface area contributed by atoms with Gasteiger partial charge in [0.1, 0.15) is 5.76 Å². The Balaban J connectivity index is 2.22. The molecular weight excluding hydrogens is 268 g/mol. The maximum absolute atomic E-state index is 5.68. The van der Waals surface area contributed by atoms with Crippen molar-refractivity contribution in [3.05, 3.63) is 47.9 Å². The summed E-state index contributed by atoms with van der Waals surface area (Å²) in [5, 5.41) is 0. The van der Waals surface area contributed by atoms with Gasteiger partial charge in [0.05, 0.1) is 25.5 Å². The van der Waals surface area contributed by atoms with Gasteiger partial charge < -0.3 is 13.9 Å². The van der Waals surface area contributed by atoms with Gasteiger partial charge >= 0.3 is 0 Å². The van der Waals surface area contributed by atoms with E-state index in [9.17, 15) is 0 Å². The van der Waals surface area contributed by atoms with E-state index in [1.807, 2.05) is 44.2 Å². The number of nitrogens with two attached hydrogens (primary N) is 1. The number of hydrogen-bond acceptors (Lipinski definition) is 5. The predicted molar refractivity (Wildman–Crippen MR) is 81.3 cm³/mol. The molecule has 0 aliphatic heterocycles. The Labute approximate surface area is 125 Å². The fraction of sp³-hybridized carbons (Fsp3) is 0.375. The first-order chi connectivity index (χ1) is 10.3. The molecule has 2 aromatic rings. The lowest BCUT2D eigenvalue weighted by Gasteiger charge is -2.18. The van der Waals surface area contributed by atoms with E-state index in [0.717, 1.165) is 22.8 Å². The van der Waals surface area contributed by atoms with Crippen molar-refractivity contribution < 1.29 is 13.9 Å². The molecule has 1 unspecified atom stereocenters. The second-order valence-corrected chi connectivity index (χ2v) is 4.57. The second kappa shape index (κ2) is 7.71. The lowest BCUT2D eigenvalue weighted by Crippen LogP contribution is -2.29. The molecule has 0 aliphatic rings. The van der Waals surface area contributed by atoms with Gasteiger partial charge in [0.15, 0.2) is 11.5 Å². The van der Waals surface area contributed by atoms with Crippen LogP contribution in [0.25, 0.3) is 0 Å².